The highest BCUT2D eigenvalue weighted by atomic mass is 19.4. The van der Waals surface area contributed by atoms with Gasteiger partial charge in [-0.3, -0.25) is 9.69 Å². The van der Waals surface area contributed by atoms with Gasteiger partial charge in [-0.2, -0.15) is 13.2 Å². The van der Waals surface area contributed by atoms with E-state index in [1.54, 1.807) is 6.92 Å². The highest BCUT2D eigenvalue weighted by Crippen LogP contribution is 2.34. The van der Waals surface area contributed by atoms with Crippen LogP contribution >= 0.6 is 0 Å². The van der Waals surface area contributed by atoms with E-state index in [2.05, 4.69) is 15.0 Å². The van der Waals surface area contributed by atoms with Crippen LogP contribution in [0.25, 0.3) is 0 Å². The van der Waals surface area contributed by atoms with Crippen molar-refractivity contribution in [2.24, 2.45) is 0 Å². The molecule has 2 aliphatic rings. The molecule has 1 aliphatic heterocycles. The number of pyridine rings is 1. The average molecular weight is 480 g/mol. The van der Waals surface area contributed by atoms with Crippen LogP contribution in [0.2, 0.25) is 0 Å². The molecule has 0 aromatic carbocycles. The molecule has 2 aromatic heterocycles. The van der Waals surface area contributed by atoms with Crippen LogP contribution in [0.5, 0.6) is 0 Å². The number of hydrogen-bond donors (Lipinski definition) is 1. The molecule has 0 bridgehead atoms. The molecule has 0 radical (unpaired) electrons. The summed E-state index contributed by atoms with van der Waals surface area (Å²) < 4.78 is 45.2. The fraction of sp³-hybridized carbons (Fsp3) is 0.565. The molecule has 1 unspecified atom stereocenters. The second-order valence-electron chi connectivity index (χ2n) is 8.68. The van der Waals surface area contributed by atoms with Crippen LogP contribution in [0, 0.1) is 0 Å². The van der Waals surface area contributed by atoms with E-state index in [1.165, 1.54) is 30.4 Å². The predicted molar refractivity (Wildman–Crippen MR) is 119 cm³/mol. The standard InChI is InChI=1S/C23H28F3N5O3/c1-2-34-22(33)31-9-8-30(21-28-12-17(13-29-21)15-6-4-3-5-7-15)14-19(31)16-10-18(23(24,25)26)20(32)27-11-16/h10-13,15,19H,2-9,14H2,1H3,(H,27,32). The molecule has 1 amide bonds. The van der Waals surface area contributed by atoms with Gasteiger partial charge in [0.15, 0.2) is 0 Å². The van der Waals surface area contributed by atoms with Crippen molar-refractivity contribution < 1.29 is 22.7 Å². The summed E-state index contributed by atoms with van der Waals surface area (Å²) in [4.78, 5) is 38.7. The first-order chi connectivity index (χ1) is 16.3. The van der Waals surface area contributed by atoms with Crippen molar-refractivity contribution in [3.8, 4) is 0 Å². The molecule has 1 aliphatic carbocycles. The zero-order valence-corrected chi connectivity index (χ0v) is 19.0. The lowest BCUT2D eigenvalue weighted by Crippen LogP contribution is -2.51. The summed E-state index contributed by atoms with van der Waals surface area (Å²) in [6, 6.07) is 0.0130. The largest absolute Gasteiger partial charge is 0.450 e. The van der Waals surface area contributed by atoms with E-state index in [1.807, 2.05) is 17.3 Å². The minimum Gasteiger partial charge on any atom is -0.450 e. The molecule has 1 saturated heterocycles. The van der Waals surface area contributed by atoms with Gasteiger partial charge in [0.2, 0.25) is 5.95 Å². The number of halogens is 3. The predicted octanol–water partition coefficient (Wildman–Crippen LogP) is 4.25. The fourth-order valence-electron chi connectivity index (χ4n) is 4.72. The zero-order valence-electron chi connectivity index (χ0n) is 19.0. The second-order valence-corrected chi connectivity index (χ2v) is 8.68. The summed E-state index contributed by atoms with van der Waals surface area (Å²) in [7, 11) is 0. The van der Waals surface area contributed by atoms with Crippen molar-refractivity contribution in [3.63, 3.8) is 0 Å². The Morgan fingerprint density at radius 3 is 2.50 bits per heavy atom. The summed E-state index contributed by atoms with van der Waals surface area (Å²) in [6.07, 6.45) is 5.32. The van der Waals surface area contributed by atoms with Gasteiger partial charge >= 0.3 is 12.3 Å². The van der Waals surface area contributed by atoms with Crippen molar-refractivity contribution in [2.45, 2.75) is 57.2 Å². The van der Waals surface area contributed by atoms with Crippen LogP contribution in [-0.4, -0.2) is 52.2 Å². The first kappa shape index (κ1) is 24.0. The Morgan fingerprint density at radius 2 is 1.85 bits per heavy atom. The van der Waals surface area contributed by atoms with Gasteiger partial charge in [-0.05, 0) is 42.9 Å². The first-order valence-electron chi connectivity index (χ1n) is 11.6. The lowest BCUT2D eigenvalue weighted by molar-refractivity contribution is -0.138. The molecule has 11 heteroatoms. The Hall–Kier alpha value is -3.11. The number of piperazine rings is 1. The van der Waals surface area contributed by atoms with Gasteiger partial charge in [0.1, 0.15) is 5.56 Å². The number of carbonyl (C=O) groups excluding carboxylic acids is 1. The maximum absolute atomic E-state index is 13.3. The Morgan fingerprint density at radius 1 is 1.15 bits per heavy atom. The molecular formula is C23H28F3N5O3. The number of H-pyrrole nitrogens is 1. The summed E-state index contributed by atoms with van der Waals surface area (Å²) in [5.41, 5.74) is -1.28. The number of nitrogens with zero attached hydrogens (tertiary/aromatic N) is 4. The van der Waals surface area contributed by atoms with Crippen LogP contribution in [0.3, 0.4) is 0 Å². The highest BCUT2D eigenvalue weighted by Gasteiger charge is 2.38. The normalized spacial score (nSPS) is 19.8. The third-order valence-corrected chi connectivity index (χ3v) is 6.52. The Balaban J connectivity index is 1.60. The third kappa shape index (κ3) is 5.18. The number of aromatic nitrogens is 3. The highest BCUT2D eigenvalue weighted by molar-refractivity contribution is 5.69. The van der Waals surface area contributed by atoms with Gasteiger partial charge in [0, 0.05) is 38.2 Å². The van der Waals surface area contributed by atoms with Crippen LogP contribution in [0.15, 0.2) is 29.5 Å². The number of ether oxygens (including phenoxy) is 1. The van der Waals surface area contributed by atoms with Gasteiger partial charge < -0.3 is 14.6 Å². The molecule has 4 rings (SSSR count). The number of nitrogens with one attached hydrogen (secondary N) is 1. The van der Waals surface area contributed by atoms with Crippen LogP contribution < -0.4 is 10.5 Å². The molecule has 1 atom stereocenters. The molecule has 34 heavy (non-hydrogen) atoms. The van der Waals surface area contributed by atoms with E-state index in [4.69, 9.17) is 4.74 Å². The molecule has 2 fully saturated rings. The van der Waals surface area contributed by atoms with Crippen molar-refractivity contribution in [3.05, 3.63) is 51.7 Å². The van der Waals surface area contributed by atoms with Crippen molar-refractivity contribution in [1.29, 1.82) is 0 Å². The molecule has 1 N–H and O–H groups in total. The smallest absolute Gasteiger partial charge is 0.421 e. The number of anilines is 1. The molecule has 2 aromatic rings. The Bertz CT molecular complexity index is 1050. The first-order valence-corrected chi connectivity index (χ1v) is 11.6. The minimum absolute atomic E-state index is 0.136. The number of aromatic amines is 1. The van der Waals surface area contributed by atoms with E-state index < -0.39 is 29.4 Å². The summed E-state index contributed by atoms with van der Waals surface area (Å²) in [5, 5.41) is 0. The minimum atomic E-state index is -4.81. The van der Waals surface area contributed by atoms with Crippen molar-refractivity contribution in [1.82, 2.24) is 19.9 Å². The molecule has 8 nitrogen and oxygen atoms in total. The van der Waals surface area contributed by atoms with E-state index in [0.717, 1.165) is 24.5 Å². The second kappa shape index (κ2) is 10.0. The average Bonchev–Trinajstić information content (AvgIpc) is 2.84. The maximum atomic E-state index is 13.3. The number of hydrogen-bond acceptors (Lipinski definition) is 6. The van der Waals surface area contributed by atoms with Crippen LogP contribution in [-0.2, 0) is 10.9 Å². The van der Waals surface area contributed by atoms with E-state index >= 15 is 0 Å². The lowest BCUT2D eigenvalue weighted by Gasteiger charge is -2.41. The molecule has 3 heterocycles. The van der Waals surface area contributed by atoms with E-state index in [-0.39, 0.29) is 25.3 Å². The van der Waals surface area contributed by atoms with Gasteiger partial charge in [0.05, 0.1) is 12.6 Å². The number of amides is 1. The molecule has 184 valence electrons. The number of alkyl halides is 3. The van der Waals surface area contributed by atoms with Crippen molar-refractivity contribution in [2.75, 3.05) is 31.1 Å². The monoisotopic (exact) mass is 479 g/mol. The van der Waals surface area contributed by atoms with Gasteiger partial charge in [0.25, 0.3) is 5.56 Å². The Kier molecular flexibility index (Phi) is 7.08. The quantitative estimate of drug-likeness (QED) is 0.705. The van der Waals surface area contributed by atoms with Crippen molar-refractivity contribution >= 4 is 12.0 Å². The van der Waals surface area contributed by atoms with Gasteiger partial charge in [-0.15, -0.1) is 0 Å². The van der Waals surface area contributed by atoms with E-state index in [0.29, 0.717) is 18.4 Å². The van der Waals surface area contributed by atoms with Gasteiger partial charge in [-0.1, -0.05) is 19.3 Å². The molecule has 0 spiro atoms. The van der Waals surface area contributed by atoms with Gasteiger partial charge in [-0.25, -0.2) is 14.8 Å². The van der Waals surface area contributed by atoms with Crippen LogP contribution in [0.4, 0.5) is 23.9 Å². The number of rotatable bonds is 4. The SMILES string of the molecule is CCOC(=O)N1CCN(c2ncc(C3CCCCC3)cn2)CC1c1c[nH]c(=O)c(C(F)(F)F)c1. The summed E-state index contributed by atoms with van der Waals surface area (Å²) in [6.45, 7) is 2.56. The third-order valence-electron chi connectivity index (χ3n) is 6.52. The maximum Gasteiger partial charge on any atom is 0.421 e. The fourth-order valence-corrected chi connectivity index (χ4v) is 4.72. The summed E-state index contributed by atoms with van der Waals surface area (Å²) in [5.74, 6) is 0.909. The lowest BCUT2D eigenvalue weighted by atomic mass is 9.85. The van der Waals surface area contributed by atoms with E-state index in [9.17, 15) is 22.8 Å². The zero-order chi connectivity index (χ0) is 24.3. The molecule has 1 saturated carbocycles. The van der Waals surface area contributed by atoms with Crippen LogP contribution in [0.1, 0.15) is 67.7 Å². The Labute approximate surface area is 195 Å². The topological polar surface area (TPSA) is 91.4 Å². The molecular weight excluding hydrogens is 451 g/mol. The number of carbonyl (C=O) groups is 1. The summed E-state index contributed by atoms with van der Waals surface area (Å²) >= 11 is 0.